The van der Waals surface area contributed by atoms with Crippen LogP contribution in [0.3, 0.4) is 0 Å². The van der Waals surface area contributed by atoms with Gasteiger partial charge in [0, 0.05) is 0 Å². The fourth-order valence-corrected chi connectivity index (χ4v) is 3.68. The van der Waals surface area contributed by atoms with Crippen LogP contribution in [0.2, 0.25) is 0 Å². The Morgan fingerprint density at radius 1 is 0.750 bits per heavy atom. The van der Waals surface area contributed by atoms with Gasteiger partial charge in [0.25, 0.3) is 0 Å². The average Bonchev–Trinajstić information content (AvgIpc) is 3.27. The minimum atomic E-state index is 0.679. The topological polar surface area (TPSA) is 0 Å². The van der Waals surface area contributed by atoms with E-state index in [-0.39, 0.29) is 0 Å². The Morgan fingerprint density at radius 3 is 1.21 bits per heavy atom. The molecule has 0 aromatic rings. The van der Waals surface area contributed by atoms with Gasteiger partial charge < -0.3 is 0 Å². The van der Waals surface area contributed by atoms with Crippen molar-refractivity contribution < 1.29 is 0 Å². The van der Waals surface area contributed by atoms with E-state index < -0.39 is 0 Å². The smallest absolute Gasteiger partial charge is 0.0213 e. The number of hydrogen-bond donors (Lipinski definition) is 0. The molecule has 24 heavy (non-hydrogen) atoms. The summed E-state index contributed by atoms with van der Waals surface area (Å²) in [6.07, 6.45) is 10.9. The molecule has 0 heterocycles. The van der Waals surface area contributed by atoms with E-state index in [2.05, 4.69) is 75.5 Å². The van der Waals surface area contributed by atoms with Gasteiger partial charge in [0.15, 0.2) is 0 Å². The summed E-state index contributed by atoms with van der Waals surface area (Å²) in [4.78, 5) is 0. The van der Waals surface area contributed by atoms with E-state index in [4.69, 9.17) is 0 Å². The van der Waals surface area contributed by atoms with E-state index in [1.807, 2.05) is 13.8 Å². The molecule has 0 aliphatic heterocycles. The molecule has 1 saturated carbocycles. The Balaban J connectivity index is -0.000000152. The van der Waals surface area contributed by atoms with Crippen molar-refractivity contribution in [2.24, 2.45) is 16.7 Å². The summed E-state index contributed by atoms with van der Waals surface area (Å²) < 4.78 is 0. The van der Waals surface area contributed by atoms with E-state index in [9.17, 15) is 0 Å². The highest BCUT2D eigenvalue weighted by molar-refractivity contribution is 5.12. The van der Waals surface area contributed by atoms with Crippen LogP contribution in [0.4, 0.5) is 0 Å². The highest BCUT2D eigenvalue weighted by Crippen LogP contribution is 2.72. The second kappa shape index (κ2) is 20.8. The highest BCUT2D eigenvalue weighted by atomic mass is 14.7. The molecule has 0 aromatic heterocycles. The van der Waals surface area contributed by atoms with Crippen molar-refractivity contribution in [1.82, 2.24) is 0 Å². The Hall–Kier alpha value is -0.260. The monoisotopic (exact) mass is 342 g/mol. The SMILES string of the molecule is C=C.CC.CCC.CCC(CC)C1(CC)CC1(C)CC.CCCC. The molecule has 150 valence electrons. The first-order chi connectivity index (χ1) is 11.4. The molecule has 1 fully saturated rings. The second-order valence-corrected chi connectivity index (χ2v) is 6.82. The van der Waals surface area contributed by atoms with Gasteiger partial charge in [-0.05, 0) is 29.6 Å². The Morgan fingerprint density at radius 2 is 1.08 bits per heavy atom. The molecule has 0 saturated heterocycles. The van der Waals surface area contributed by atoms with Crippen molar-refractivity contribution in [3.8, 4) is 0 Å². The minimum absolute atomic E-state index is 0.679. The first-order valence-electron chi connectivity index (χ1n) is 10.9. The van der Waals surface area contributed by atoms with Crippen molar-refractivity contribution in [1.29, 1.82) is 0 Å². The molecule has 0 spiro atoms. The normalized spacial score (nSPS) is 23.2. The molecule has 0 bridgehead atoms. The molecule has 0 heteroatoms. The summed E-state index contributed by atoms with van der Waals surface area (Å²) in [5.41, 5.74) is 1.39. The van der Waals surface area contributed by atoms with Crippen LogP contribution in [-0.2, 0) is 0 Å². The van der Waals surface area contributed by atoms with Crippen molar-refractivity contribution in [3.05, 3.63) is 13.2 Å². The summed E-state index contributed by atoms with van der Waals surface area (Å²) in [7, 11) is 0. The van der Waals surface area contributed by atoms with Gasteiger partial charge in [-0.2, -0.15) is 0 Å². The maximum atomic E-state index is 3.00. The summed E-state index contributed by atoms with van der Waals surface area (Å²) in [6, 6.07) is 0. The van der Waals surface area contributed by atoms with Crippen LogP contribution in [0.15, 0.2) is 13.2 Å². The zero-order chi connectivity index (χ0) is 20.2. The maximum absolute atomic E-state index is 3.00. The molecule has 1 aliphatic rings. The molecule has 0 nitrogen and oxygen atoms in total. The minimum Gasteiger partial charge on any atom is -0.106 e. The van der Waals surface area contributed by atoms with Crippen molar-refractivity contribution in [2.45, 2.75) is 128 Å². The zero-order valence-electron chi connectivity index (χ0n) is 19.6. The molecule has 2 unspecified atom stereocenters. The largest absolute Gasteiger partial charge is 0.106 e. The molecular formula is C24H54. The third-order valence-corrected chi connectivity index (χ3v) is 5.46. The summed E-state index contributed by atoms with van der Waals surface area (Å²) in [6.45, 7) is 30.6. The van der Waals surface area contributed by atoms with E-state index in [1.54, 1.807) is 0 Å². The Labute approximate surface area is 157 Å². The summed E-state index contributed by atoms with van der Waals surface area (Å²) in [5.74, 6) is 0.974. The molecule has 0 N–H and O–H groups in total. The highest BCUT2D eigenvalue weighted by Gasteiger charge is 2.63. The first kappa shape index (κ1) is 31.5. The fraction of sp³-hybridized carbons (Fsp3) is 0.917. The molecular weight excluding hydrogens is 288 g/mol. The summed E-state index contributed by atoms with van der Waals surface area (Å²) >= 11 is 0. The third-order valence-electron chi connectivity index (χ3n) is 5.46. The molecule has 1 aliphatic carbocycles. The van der Waals surface area contributed by atoms with Crippen molar-refractivity contribution >= 4 is 0 Å². The van der Waals surface area contributed by atoms with Crippen LogP contribution >= 0.6 is 0 Å². The van der Waals surface area contributed by atoms with Gasteiger partial charge in [-0.15, -0.1) is 13.2 Å². The molecule has 0 radical (unpaired) electrons. The number of hydrogen-bond acceptors (Lipinski definition) is 0. The van der Waals surface area contributed by atoms with Gasteiger partial charge >= 0.3 is 0 Å². The van der Waals surface area contributed by atoms with Gasteiger partial charge in [-0.3, -0.25) is 0 Å². The Kier molecular flexibility index (Phi) is 27.3. The number of rotatable bonds is 6. The summed E-state index contributed by atoms with van der Waals surface area (Å²) in [5, 5.41) is 0. The van der Waals surface area contributed by atoms with Gasteiger partial charge in [0.05, 0.1) is 0 Å². The molecule has 0 amide bonds. The van der Waals surface area contributed by atoms with Crippen LogP contribution in [0.5, 0.6) is 0 Å². The molecule has 0 aromatic carbocycles. The molecule has 2 atom stereocenters. The van der Waals surface area contributed by atoms with Crippen LogP contribution in [-0.4, -0.2) is 0 Å². The lowest BCUT2D eigenvalue weighted by atomic mass is 9.76. The predicted octanol–water partition coefficient (Wildman–Crippen LogP) is 9.69. The quantitative estimate of drug-likeness (QED) is 0.421. The second-order valence-electron chi connectivity index (χ2n) is 6.82. The lowest BCUT2D eigenvalue weighted by Crippen LogP contribution is -2.20. The lowest BCUT2D eigenvalue weighted by molar-refractivity contribution is 0.207. The van der Waals surface area contributed by atoms with E-state index in [0.29, 0.717) is 10.8 Å². The molecule has 1 rings (SSSR count). The average molecular weight is 343 g/mol. The van der Waals surface area contributed by atoms with Gasteiger partial charge in [0.1, 0.15) is 0 Å². The standard InChI is InChI=1S/C13H26.C4H10.C3H8.C2H6.C2H4/c1-6-11(7-2)13(9-4)10-12(13,5)8-3;1-3-4-2;1-3-2;2*1-2/h11H,6-10H2,1-5H3;3-4H2,1-2H3;3H2,1-2H3;1-2H3;1-2H2. The van der Waals surface area contributed by atoms with Crippen LogP contribution in [0, 0.1) is 16.7 Å². The van der Waals surface area contributed by atoms with Gasteiger partial charge in [0.2, 0.25) is 0 Å². The van der Waals surface area contributed by atoms with Crippen LogP contribution < -0.4 is 0 Å². The van der Waals surface area contributed by atoms with E-state index >= 15 is 0 Å². The van der Waals surface area contributed by atoms with Crippen LogP contribution in [0.25, 0.3) is 0 Å². The van der Waals surface area contributed by atoms with Crippen LogP contribution in [0.1, 0.15) is 128 Å². The van der Waals surface area contributed by atoms with Gasteiger partial charge in [-0.1, -0.05) is 115 Å². The zero-order valence-corrected chi connectivity index (χ0v) is 19.6. The van der Waals surface area contributed by atoms with Crippen molar-refractivity contribution in [2.75, 3.05) is 0 Å². The van der Waals surface area contributed by atoms with Crippen molar-refractivity contribution in [3.63, 3.8) is 0 Å². The van der Waals surface area contributed by atoms with E-state index in [0.717, 1.165) is 5.92 Å². The predicted molar refractivity (Wildman–Crippen MR) is 119 cm³/mol. The first-order valence-corrected chi connectivity index (χ1v) is 10.9. The number of unbranched alkanes of at least 4 members (excludes halogenated alkanes) is 1. The van der Waals surface area contributed by atoms with Gasteiger partial charge in [-0.25, -0.2) is 0 Å². The van der Waals surface area contributed by atoms with E-state index in [1.165, 1.54) is 51.4 Å². The lowest BCUT2D eigenvalue weighted by Gasteiger charge is -2.29. The fourth-order valence-electron chi connectivity index (χ4n) is 3.68. The third kappa shape index (κ3) is 10.6. The Bertz CT molecular complexity index is 214. The maximum Gasteiger partial charge on any atom is -0.0213 e.